The number of nitrogens with one attached hydrogen (secondary N) is 1. The molecule has 0 aliphatic carbocycles. The lowest BCUT2D eigenvalue weighted by atomic mass is 9.97. The number of hydrogen-bond donors (Lipinski definition) is 1. The van der Waals surface area contributed by atoms with Crippen LogP contribution in [-0.2, 0) is 13.1 Å². The molecule has 1 amide bonds. The van der Waals surface area contributed by atoms with E-state index in [1.54, 1.807) is 12.1 Å². The summed E-state index contributed by atoms with van der Waals surface area (Å²) >= 11 is 3.29. The molecule has 2 aromatic rings. The van der Waals surface area contributed by atoms with E-state index in [0.717, 1.165) is 18.7 Å². The highest BCUT2D eigenvalue weighted by Gasteiger charge is 2.27. The number of imidazole rings is 1. The Morgan fingerprint density at radius 1 is 1.33 bits per heavy atom. The lowest BCUT2D eigenvalue weighted by molar-refractivity contribution is 0.0933. The highest BCUT2D eigenvalue weighted by atomic mass is 79.9. The number of carbonyl (C=O) groups is 1. The number of nitrogens with zero attached hydrogens (tertiary/aromatic N) is 3. The minimum absolute atomic E-state index is 0.0240. The Hall–Kier alpha value is -1.73. The number of rotatable bonds is 3. The molecule has 146 valence electrons. The minimum atomic E-state index is -0.351. The number of fused-ring (bicyclic) bond motifs is 1. The highest BCUT2D eigenvalue weighted by Crippen LogP contribution is 2.29. The van der Waals surface area contributed by atoms with Gasteiger partial charge in [0.1, 0.15) is 11.6 Å². The molecule has 1 aliphatic heterocycles. The predicted octanol–water partition coefficient (Wildman–Crippen LogP) is 4.06. The van der Waals surface area contributed by atoms with Crippen molar-refractivity contribution in [3.05, 3.63) is 39.9 Å². The van der Waals surface area contributed by atoms with Gasteiger partial charge in [-0.3, -0.25) is 4.79 Å². The molecule has 0 spiro atoms. The first-order chi connectivity index (χ1) is 12.7. The average Bonchev–Trinajstić information content (AvgIpc) is 2.78. The fourth-order valence-electron chi connectivity index (χ4n) is 3.21. The van der Waals surface area contributed by atoms with Crippen LogP contribution >= 0.6 is 15.9 Å². The van der Waals surface area contributed by atoms with Crippen molar-refractivity contribution in [1.29, 1.82) is 0 Å². The van der Waals surface area contributed by atoms with Crippen molar-refractivity contribution in [3.63, 3.8) is 0 Å². The second-order valence-electron chi connectivity index (χ2n) is 8.34. The Morgan fingerprint density at radius 3 is 2.74 bits per heavy atom. The SMILES string of the molecule is CN1CCCn2c(-c3ccc(Br)cc3F)nc(C(=O)NCC(C)(C)C)c2C1. The van der Waals surface area contributed by atoms with Crippen LogP contribution in [0, 0.1) is 11.2 Å². The van der Waals surface area contributed by atoms with E-state index in [-0.39, 0.29) is 17.1 Å². The van der Waals surface area contributed by atoms with E-state index in [4.69, 9.17) is 0 Å². The average molecular weight is 437 g/mol. The third kappa shape index (κ3) is 4.58. The van der Waals surface area contributed by atoms with Gasteiger partial charge in [-0.05, 0) is 43.6 Å². The summed E-state index contributed by atoms with van der Waals surface area (Å²) in [6.07, 6.45) is 0.925. The van der Waals surface area contributed by atoms with Gasteiger partial charge in [0.2, 0.25) is 0 Å². The first kappa shape index (κ1) is 20.0. The summed E-state index contributed by atoms with van der Waals surface area (Å²) in [7, 11) is 2.03. The normalized spacial score (nSPS) is 15.3. The fraction of sp³-hybridized carbons (Fsp3) is 0.500. The summed E-state index contributed by atoms with van der Waals surface area (Å²) in [5, 5.41) is 2.98. The maximum absolute atomic E-state index is 14.6. The molecule has 0 saturated carbocycles. The second-order valence-corrected chi connectivity index (χ2v) is 9.26. The maximum atomic E-state index is 14.6. The maximum Gasteiger partial charge on any atom is 0.271 e. The second kappa shape index (κ2) is 7.72. The van der Waals surface area contributed by atoms with E-state index >= 15 is 0 Å². The zero-order chi connectivity index (χ0) is 19.8. The monoisotopic (exact) mass is 436 g/mol. The number of carbonyl (C=O) groups excluding carboxylic acids is 1. The molecule has 0 unspecified atom stereocenters. The van der Waals surface area contributed by atoms with Crippen molar-refractivity contribution in [2.24, 2.45) is 5.41 Å². The Morgan fingerprint density at radius 2 is 2.07 bits per heavy atom. The molecule has 0 atom stereocenters. The van der Waals surface area contributed by atoms with Crippen molar-refractivity contribution >= 4 is 21.8 Å². The van der Waals surface area contributed by atoms with Crippen molar-refractivity contribution in [2.45, 2.75) is 40.3 Å². The van der Waals surface area contributed by atoms with Crippen molar-refractivity contribution < 1.29 is 9.18 Å². The summed E-state index contributed by atoms with van der Waals surface area (Å²) in [6.45, 7) is 9.00. The van der Waals surface area contributed by atoms with E-state index in [1.807, 2.05) is 11.6 Å². The number of aromatic nitrogens is 2. The van der Waals surface area contributed by atoms with Crippen LogP contribution in [0.1, 0.15) is 43.4 Å². The van der Waals surface area contributed by atoms with Crippen LogP contribution in [0.3, 0.4) is 0 Å². The third-order valence-corrected chi connectivity index (χ3v) is 5.07. The Bertz CT molecular complexity index is 856. The Labute approximate surface area is 168 Å². The molecule has 0 bridgehead atoms. The number of halogens is 2. The van der Waals surface area contributed by atoms with Gasteiger partial charge >= 0.3 is 0 Å². The van der Waals surface area contributed by atoms with E-state index in [2.05, 4.69) is 51.9 Å². The zero-order valence-electron chi connectivity index (χ0n) is 16.3. The Kier molecular flexibility index (Phi) is 5.72. The van der Waals surface area contributed by atoms with Gasteiger partial charge in [-0.15, -0.1) is 0 Å². The molecule has 1 aromatic heterocycles. The zero-order valence-corrected chi connectivity index (χ0v) is 17.9. The van der Waals surface area contributed by atoms with Crippen LogP contribution in [0.2, 0.25) is 0 Å². The van der Waals surface area contributed by atoms with Gasteiger partial charge in [0.05, 0.1) is 11.3 Å². The standard InChI is InChI=1S/C20H26BrFN4O/c1-20(2,3)12-23-19(27)17-16-11-25(4)8-5-9-26(16)18(24-17)14-7-6-13(21)10-15(14)22/h6-7,10H,5,8-9,11-12H2,1-4H3,(H,23,27). The van der Waals surface area contributed by atoms with E-state index in [9.17, 15) is 9.18 Å². The first-order valence-corrected chi connectivity index (χ1v) is 9.96. The Balaban J connectivity index is 2.06. The quantitative estimate of drug-likeness (QED) is 0.788. The van der Waals surface area contributed by atoms with E-state index in [0.29, 0.717) is 41.2 Å². The summed E-state index contributed by atoms with van der Waals surface area (Å²) in [5.41, 5.74) is 1.63. The molecule has 1 aromatic carbocycles. The lowest BCUT2D eigenvalue weighted by Crippen LogP contribution is -2.33. The molecule has 27 heavy (non-hydrogen) atoms. The molecule has 5 nitrogen and oxygen atoms in total. The molecule has 1 aliphatic rings. The fourth-order valence-corrected chi connectivity index (χ4v) is 3.54. The van der Waals surface area contributed by atoms with Crippen LogP contribution in [0.5, 0.6) is 0 Å². The van der Waals surface area contributed by atoms with Crippen molar-refractivity contribution in [1.82, 2.24) is 19.8 Å². The molecule has 0 saturated heterocycles. The summed E-state index contributed by atoms with van der Waals surface area (Å²) in [4.78, 5) is 19.6. The minimum Gasteiger partial charge on any atom is -0.350 e. The van der Waals surface area contributed by atoms with E-state index in [1.165, 1.54) is 6.07 Å². The van der Waals surface area contributed by atoms with Gasteiger partial charge in [-0.1, -0.05) is 36.7 Å². The number of hydrogen-bond acceptors (Lipinski definition) is 3. The lowest BCUT2D eigenvalue weighted by Gasteiger charge is -2.19. The van der Waals surface area contributed by atoms with Crippen LogP contribution < -0.4 is 5.32 Å². The molecule has 0 radical (unpaired) electrons. The van der Waals surface area contributed by atoms with Gasteiger partial charge in [0.15, 0.2) is 5.69 Å². The van der Waals surface area contributed by atoms with Gasteiger partial charge in [0, 0.05) is 24.1 Å². The number of benzene rings is 1. The molecular formula is C20H26BrFN4O. The van der Waals surface area contributed by atoms with E-state index < -0.39 is 0 Å². The topological polar surface area (TPSA) is 50.2 Å². The third-order valence-electron chi connectivity index (χ3n) is 4.58. The van der Waals surface area contributed by atoms with Crippen LogP contribution in [0.15, 0.2) is 22.7 Å². The van der Waals surface area contributed by atoms with Gasteiger partial charge < -0.3 is 14.8 Å². The highest BCUT2D eigenvalue weighted by molar-refractivity contribution is 9.10. The van der Waals surface area contributed by atoms with Gasteiger partial charge in [0.25, 0.3) is 5.91 Å². The molecule has 2 heterocycles. The first-order valence-electron chi connectivity index (χ1n) is 9.17. The summed E-state index contributed by atoms with van der Waals surface area (Å²) in [5.74, 6) is -0.0321. The molecule has 3 rings (SSSR count). The molecule has 0 fully saturated rings. The summed E-state index contributed by atoms with van der Waals surface area (Å²) < 4.78 is 17.3. The summed E-state index contributed by atoms with van der Waals surface area (Å²) in [6, 6.07) is 4.93. The molecular weight excluding hydrogens is 411 g/mol. The smallest absolute Gasteiger partial charge is 0.271 e. The number of amides is 1. The van der Waals surface area contributed by atoms with Crippen LogP contribution in [0.25, 0.3) is 11.4 Å². The van der Waals surface area contributed by atoms with Crippen molar-refractivity contribution in [2.75, 3.05) is 20.1 Å². The van der Waals surface area contributed by atoms with Gasteiger partial charge in [-0.25, -0.2) is 9.37 Å². The van der Waals surface area contributed by atoms with Gasteiger partial charge in [-0.2, -0.15) is 0 Å². The molecule has 1 N–H and O–H groups in total. The predicted molar refractivity (Wildman–Crippen MR) is 108 cm³/mol. The molecule has 7 heteroatoms. The van der Waals surface area contributed by atoms with Crippen LogP contribution in [-0.4, -0.2) is 40.5 Å². The van der Waals surface area contributed by atoms with Crippen LogP contribution in [0.4, 0.5) is 4.39 Å². The largest absolute Gasteiger partial charge is 0.350 e. The van der Waals surface area contributed by atoms with Crippen molar-refractivity contribution in [3.8, 4) is 11.4 Å².